The van der Waals surface area contributed by atoms with Crippen molar-refractivity contribution in [1.29, 1.82) is 0 Å². The molecule has 2 unspecified atom stereocenters. The van der Waals surface area contributed by atoms with Gasteiger partial charge in [0.05, 0.1) is 21.8 Å². The maximum atomic E-state index is 12.8. The van der Waals surface area contributed by atoms with Gasteiger partial charge in [-0.05, 0) is 56.0 Å². The van der Waals surface area contributed by atoms with Crippen LogP contribution in [0.5, 0.6) is 0 Å². The molecule has 0 saturated heterocycles. The van der Waals surface area contributed by atoms with E-state index in [2.05, 4.69) is 16.5 Å². The third-order valence-corrected chi connectivity index (χ3v) is 6.17. The first-order valence-corrected chi connectivity index (χ1v) is 10.4. The number of thiophene rings is 1. The van der Waals surface area contributed by atoms with Gasteiger partial charge in [-0.2, -0.15) is 18.3 Å². The summed E-state index contributed by atoms with van der Waals surface area (Å²) in [5.41, 5.74) is 2.65. The van der Waals surface area contributed by atoms with Crippen LogP contribution in [-0.4, -0.2) is 21.7 Å². The molecule has 30 heavy (non-hydrogen) atoms. The highest BCUT2D eigenvalue weighted by atomic mass is 32.1. The predicted octanol–water partition coefficient (Wildman–Crippen LogP) is 5.41. The topological polar surface area (TPSA) is 46.9 Å². The van der Waals surface area contributed by atoms with Crippen LogP contribution in [0.4, 0.5) is 13.2 Å². The van der Waals surface area contributed by atoms with Crippen molar-refractivity contribution in [1.82, 2.24) is 15.1 Å². The average molecular weight is 431 g/mol. The van der Waals surface area contributed by atoms with Crippen molar-refractivity contribution in [2.75, 3.05) is 0 Å². The molecule has 0 aliphatic heterocycles. The Morgan fingerprint density at radius 1 is 1.17 bits per heavy atom. The Bertz CT molecular complexity index is 1080. The number of allylic oxidation sites excluding steroid dienone is 1. The van der Waals surface area contributed by atoms with Crippen LogP contribution in [0.2, 0.25) is 0 Å². The van der Waals surface area contributed by atoms with E-state index in [-0.39, 0.29) is 17.9 Å². The highest BCUT2D eigenvalue weighted by Crippen LogP contribution is 2.35. The maximum absolute atomic E-state index is 12.8. The summed E-state index contributed by atoms with van der Waals surface area (Å²) in [7, 11) is 0. The van der Waals surface area contributed by atoms with Crippen molar-refractivity contribution in [3.63, 3.8) is 0 Å². The fourth-order valence-corrected chi connectivity index (χ4v) is 4.53. The fourth-order valence-electron chi connectivity index (χ4n) is 3.90. The molecular weight excluding hydrogens is 411 g/mol. The van der Waals surface area contributed by atoms with E-state index in [1.54, 1.807) is 10.7 Å². The Balaban J connectivity index is 1.52. The first kappa shape index (κ1) is 20.4. The molecule has 4 nitrogen and oxygen atoms in total. The lowest BCUT2D eigenvalue weighted by atomic mass is 9.96. The number of hydrogen-bond acceptors (Lipinski definition) is 3. The van der Waals surface area contributed by atoms with Gasteiger partial charge in [0, 0.05) is 23.2 Å². The molecule has 0 bridgehead atoms. The van der Waals surface area contributed by atoms with E-state index in [1.165, 1.54) is 23.5 Å². The molecule has 2 aromatic heterocycles. The van der Waals surface area contributed by atoms with E-state index in [0.29, 0.717) is 10.6 Å². The second-order valence-corrected chi connectivity index (χ2v) is 8.27. The van der Waals surface area contributed by atoms with Gasteiger partial charge in [0.15, 0.2) is 0 Å². The summed E-state index contributed by atoms with van der Waals surface area (Å²) in [5, 5.41) is 9.45. The molecule has 8 heteroatoms. The van der Waals surface area contributed by atoms with Gasteiger partial charge in [0.1, 0.15) is 0 Å². The predicted molar refractivity (Wildman–Crippen MR) is 110 cm³/mol. The summed E-state index contributed by atoms with van der Waals surface area (Å²) < 4.78 is 40.2. The molecule has 1 amide bonds. The molecule has 1 aromatic carbocycles. The number of hydrogen-bond donors (Lipinski definition) is 1. The van der Waals surface area contributed by atoms with Gasteiger partial charge in [-0.3, -0.25) is 4.79 Å². The molecule has 156 valence electrons. The summed E-state index contributed by atoms with van der Waals surface area (Å²) in [4.78, 5) is 13.0. The van der Waals surface area contributed by atoms with Crippen molar-refractivity contribution in [2.45, 2.75) is 38.4 Å². The number of nitrogens with one attached hydrogen (secondary N) is 1. The van der Waals surface area contributed by atoms with Crippen LogP contribution in [0, 0.1) is 13.8 Å². The molecule has 0 saturated carbocycles. The highest BCUT2D eigenvalue weighted by molar-refractivity contribution is 7.12. The zero-order valence-electron chi connectivity index (χ0n) is 16.4. The zero-order valence-corrected chi connectivity index (χ0v) is 17.2. The number of aromatic nitrogens is 2. The number of carbonyl (C=O) groups is 1. The first-order valence-electron chi connectivity index (χ1n) is 9.50. The molecule has 1 aliphatic carbocycles. The Morgan fingerprint density at radius 3 is 2.53 bits per heavy atom. The summed E-state index contributed by atoms with van der Waals surface area (Å²) in [6, 6.07) is 8.56. The summed E-state index contributed by atoms with van der Waals surface area (Å²) in [6.07, 6.45) is 0.408. The standard InChI is InChI=1S/C22H20F3N3OS/c1-13-20(15-5-8-17(12-15)26-21(29)19-4-3-11-30-19)14(2)28(27-13)18-9-6-16(7-10-18)22(23,24)25/h3-11,15,17H,12H2,1-2H3,(H,26,29). The van der Waals surface area contributed by atoms with Crippen LogP contribution in [0.1, 0.15) is 44.5 Å². The first-order chi connectivity index (χ1) is 14.2. The van der Waals surface area contributed by atoms with Gasteiger partial charge in [-0.15, -0.1) is 11.3 Å². The lowest BCUT2D eigenvalue weighted by Gasteiger charge is -2.14. The van der Waals surface area contributed by atoms with Crippen molar-refractivity contribution < 1.29 is 18.0 Å². The summed E-state index contributed by atoms with van der Waals surface area (Å²) in [5.74, 6) is -0.00368. The highest BCUT2D eigenvalue weighted by Gasteiger charge is 2.31. The van der Waals surface area contributed by atoms with Crippen molar-refractivity contribution in [3.8, 4) is 5.69 Å². The molecule has 0 spiro atoms. The van der Waals surface area contributed by atoms with Crippen molar-refractivity contribution in [3.05, 3.63) is 81.3 Å². The minimum absolute atomic E-state index is 0.0715. The smallest absolute Gasteiger partial charge is 0.345 e. The SMILES string of the molecule is Cc1nn(-c2ccc(C(F)(F)F)cc2)c(C)c1C1C=CC(NC(=O)c2cccs2)C1. The number of carbonyl (C=O) groups excluding carboxylic acids is 1. The van der Waals surface area contributed by atoms with Crippen LogP contribution in [0.25, 0.3) is 5.69 Å². The molecular formula is C22H20F3N3OS. The Kier molecular flexibility index (Phi) is 5.27. The van der Waals surface area contributed by atoms with E-state index in [0.717, 1.165) is 35.5 Å². The van der Waals surface area contributed by atoms with E-state index in [9.17, 15) is 18.0 Å². The molecule has 1 aliphatic rings. The van der Waals surface area contributed by atoms with Gasteiger partial charge in [0.2, 0.25) is 0 Å². The van der Waals surface area contributed by atoms with Gasteiger partial charge >= 0.3 is 6.18 Å². The summed E-state index contributed by atoms with van der Waals surface area (Å²) in [6.45, 7) is 3.81. The Hall–Kier alpha value is -2.87. The number of rotatable bonds is 4. The number of amides is 1. The quantitative estimate of drug-likeness (QED) is 0.562. The molecule has 1 N–H and O–H groups in total. The zero-order chi connectivity index (χ0) is 21.5. The minimum Gasteiger partial charge on any atom is -0.345 e. The monoisotopic (exact) mass is 431 g/mol. The molecule has 0 radical (unpaired) electrons. The van der Waals surface area contributed by atoms with E-state index < -0.39 is 11.7 Å². The normalized spacial score (nSPS) is 18.7. The molecule has 3 aromatic rings. The fraction of sp³-hybridized carbons (Fsp3) is 0.273. The molecule has 0 fully saturated rings. The van der Waals surface area contributed by atoms with E-state index >= 15 is 0 Å². The Morgan fingerprint density at radius 2 is 1.90 bits per heavy atom. The number of aryl methyl sites for hydroxylation is 1. The van der Waals surface area contributed by atoms with Crippen LogP contribution in [0.3, 0.4) is 0 Å². The third-order valence-electron chi connectivity index (χ3n) is 5.30. The van der Waals surface area contributed by atoms with Crippen molar-refractivity contribution >= 4 is 17.2 Å². The van der Waals surface area contributed by atoms with Crippen LogP contribution < -0.4 is 5.32 Å². The largest absolute Gasteiger partial charge is 0.416 e. The second kappa shape index (κ2) is 7.75. The van der Waals surface area contributed by atoms with Gasteiger partial charge < -0.3 is 5.32 Å². The maximum Gasteiger partial charge on any atom is 0.416 e. The summed E-state index contributed by atoms with van der Waals surface area (Å²) >= 11 is 1.40. The number of benzene rings is 1. The number of alkyl halides is 3. The Labute approximate surface area is 176 Å². The molecule has 4 rings (SSSR count). The van der Waals surface area contributed by atoms with Gasteiger partial charge in [0.25, 0.3) is 5.91 Å². The third kappa shape index (κ3) is 3.92. The van der Waals surface area contributed by atoms with Gasteiger partial charge in [-0.1, -0.05) is 18.2 Å². The lowest BCUT2D eigenvalue weighted by Crippen LogP contribution is -2.32. The van der Waals surface area contributed by atoms with Crippen molar-refractivity contribution in [2.24, 2.45) is 0 Å². The second-order valence-electron chi connectivity index (χ2n) is 7.33. The van der Waals surface area contributed by atoms with E-state index in [4.69, 9.17) is 0 Å². The van der Waals surface area contributed by atoms with Gasteiger partial charge in [-0.25, -0.2) is 4.68 Å². The lowest BCUT2D eigenvalue weighted by molar-refractivity contribution is -0.137. The van der Waals surface area contributed by atoms with Crippen LogP contribution >= 0.6 is 11.3 Å². The number of nitrogens with zero attached hydrogens (tertiary/aromatic N) is 2. The minimum atomic E-state index is -4.37. The van der Waals surface area contributed by atoms with Crippen LogP contribution in [-0.2, 0) is 6.18 Å². The average Bonchev–Trinajstić information content (AvgIpc) is 3.42. The molecule has 2 heterocycles. The van der Waals surface area contributed by atoms with Crippen LogP contribution in [0.15, 0.2) is 53.9 Å². The molecule has 2 atom stereocenters. The number of halogens is 3. The van der Waals surface area contributed by atoms with E-state index in [1.807, 2.05) is 31.4 Å².